The molecule has 182 valence electrons. The van der Waals surface area contributed by atoms with Crippen LogP contribution < -0.4 is 21.0 Å². The second-order valence-corrected chi connectivity index (χ2v) is 7.84. The third-order valence-corrected chi connectivity index (χ3v) is 5.46. The first-order chi connectivity index (χ1) is 16.7. The van der Waals surface area contributed by atoms with E-state index in [9.17, 15) is 4.79 Å². The Morgan fingerprint density at radius 1 is 0.750 bits per heavy atom. The van der Waals surface area contributed by atoms with E-state index in [1.807, 2.05) is 77.5 Å². The van der Waals surface area contributed by atoms with E-state index in [1.165, 1.54) is 0 Å². The van der Waals surface area contributed by atoms with Crippen molar-refractivity contribution in [3.05, 3.63) is 121 Å². The molecule has 0 aliphatic heterocycles. The number of hydrogen-bond donors (Lipinski definition) is 4. The summed E-state index contributed by atoms with van der Waals surface area (Å²) in [4.78, 5) is 12.8. The number of aromatic nitrogens is 2. The van der Waals surface area contributed by atoms with Crippen LogP contribution in [-0.4, -0.2) is 22.0 Å². The highest BCUT2D eigenvalue weighted by Crippen LogP contribution is 2.27. The summed E-state index contributed by atoms with van der Waals surface area (Å²) in [5, 5.41) is 9.98. The van der Waals surface area contributed by atoms with Gasteiger partial charge in [-0.25, -0.2) is 10.4 Å². The van der Waals surface area contributed by atoms with E-state index in [4.69, 9.17) is 5.73 Å². The number of carbonyl (C=O) groups excluding carboxylic acids is 1. The molecular weight excluding hydrogens is 454 g/mol. The minimum atomic E-state index is -0.204. The van der Waals surface area contributed by atoms with Crippen molar-refractivity contribution in [1.82, 2.24) is 5.10 Å². The number of nitrogens with zero attached hydrogens (tertiary/aromatic N) is 1. The molecule has 0 aliphatic rings. The second kappa shape index (κ2) is 11.5. The number of rotatable bonds is 6. The molecule has 0 unspecified atom stereocenters. The molecule has 0 atom stereocenters. The van der Waals surface area contributed by atoms with Crippen LogP contribution in [0.2, 0.25) is 0 Å². The fourth-order valence-corrected chi connectivity index (χ4v) is 3.72. The highest BCUT2D eigenvalue weighted by atomic mass is 16.1. The van der Waals surface area contributed by atoms with Gasteiger partial charge in [-0.05, 0) is 48.5 Å². The molecule has 8 N–H and O–H groups in total. The summed E-state index contributed by atoms with van der Waals surface area (Å²) < 4.78 is 1.99. The molecule has 4 aromatic carbocycles. The standard InChI is InChI=1S/C28H23N5O.2H2O/c29-22-17-15-21(16-18-22)28(34)31-25-14-8-7-13-24(25)30-27-19-26(20-9-3-1-4-10-20)32-33(27)23-11-5-2-6-12-23;;/h1-19H,(H4,29,30,31,32,34);2*1H2. The summed E-state index contributed by atoms with van der Waals surface area (Å²) in [5.41, 5.74) is 11.4. The van der Waals surface area contributed by atoms with Gasteiger partial charge in [0, 0.05) is 16.8 Å². The highest BCUT2D eigenvalue weighted by molar-refractivity contribution is 6.06. The summed E-state index contributed by atoms with van der Waals surface area (Å²) in [5.74, 6) is 0.628. The molecule has 0 fully saturated rings. The largest absolute Gasteiger partial charge is 0.870 e. The fraction of sp³-hybridized carbons (Fsp3) is 0. The summed E-state index contributed by atoms with van der Waals surface area (Å²) in [6.45, 7) is 0. The predicted molar refractivity (Wildman–Crippen MR) is 142 cm³/mol. The molecule has 0 spiro atoms. The number of para-hydroxylation sites is 3. The fourth-order valence-electron chi connectivity index (χ4n) is 3.72. The number of carbonyl (C=O) groups is 1. The third-order valence-electron chi connectivity index (χ3n) is 5.46. The normalized spacial score (nSPS) is 10.0. The van der Waals surface area contributed by atoms with Crippen LogP contribution in [0, 0.1) is 0 Å². The molecule has 0 aliphatic carbocycles. The van der Waals surface area contributed by atoms with Crippen molar-refractivity contribution < 1.29 is 20.4 Å². The first-order valence-electron chi connectivity index (χ1n) is 11.0. The van der Waals surface area contributed by atoms with Crippen molar-refractivity contribution in [3.8, 4) is 16.9 Å². The van der Waals surface area contributed by atoms with Gasteiger partial charge in [-0.15, -0.1) is 4.68 Å². The van der Waals surface area contributed by atoms with E-state index in [-0.39, 0.29) is 16.9 Å². The second-order valence-electron chi connectivity index (χ2n) is 7.84. The molecule has 0 saturated heterocycles. The number of hydrogen-bond acceptors (Lipinski definition) is 4. The van der Waals surface area contributed by atoms with Crippen LogP contribution in [-0.2, 0) is 0 Å². The van der Waals surface area contributed by atoms with Gasteiger partial charge in [-0.1, -0.05) is 60.7 Å². The molecule has 36 heavy (non-hydrogen) atoms. The molecule has 5 aromatic rings. The molecule has 0 radical (unpaired) electrons. The Kier molecular flexibility index (Phi) is 8.19. The summed E-state index contributed by atoms with van der Waals surface area (Å²) in [6, 6.07) is 36.7. The molecule has 0 saturated carbocycles. The minimum Gasteiger partial charge on any atom is -0.870 e. The summed E-state index contributed by atoms with van der Waals surface area (Å²) >= 11 is 0. The van der Waals surface area contributed by atoms with Crippen molar-refractivity contribution in [2.75, 3.05) is 16.4 Å². The average molecular weight is 482 g/mol. The first-order valence-corrected chi connectivity index (χ1v) is 11.0. The van der Waals surface area contributed by atoms with Gasteiger partial charge in [0.15, 0.2) is 5.69 Å². The lowest BCUT2D eigenvalue weighted by Crippen LogP contribution is -2.35. The maximum absolute atomic E-state index is 12.8. The number of benzene rings is 4. The van der Waals surface area contributed by atoms with Gasteiger partial charge in [0.2, 0.25) is 0 Å². The Morgan fingerprint density at radius 3 is 2.00 bits per heavy atom. The van der Waals surface area contributed by atoms with Crippen molar-refractivity contribution >= 4 is 28.8 Å². The van der Waals surface area contributed by atoms with Gasteiger partial charge in [-0.2, -0.15) is 0 Å². The van der Waals surface area contributed by atoms with Crippen LogP contribution in [0.15, 0.2) is 115 Å². The van der Waals surface area contributed by atoms with Crippen LogP contribution in [0.5, 0.6) is 0 Å². The Labute approximate surface area is 208 Å². The van der Waals surface area contributed by atoms with Gasteiger partial charge in [-0.3, -0.25) is 4.79 Å². The summed E-state index contributed by atoms with van der Waals surface area (Å²) in [6.07, 6.45) is 0. The number of aromatic amines is 1. The lowest BCUT2D eigenvalue weighted by atomic mass is 10.1. The van der Waals surface area contributed by atoms with E-state index in [0.717, 1.165) is 28.5 Å². The lowest BCUT2D eigenvalue weighted by Gasteiger charge is -2.09. The molecule has 8 heteroatoms. The molecule has 1 heterocycles. The smallest absolute Gasteiger partial charge is 0.306 e. The maximum Gasteiger partial charge on any atom is 0.306 e. The quantitative estimate of drug-likeness (QED) is 0.208. The number of nitrogens with one attached hydrogen (secondary N) is 3. The number of nitrogen functional groups attached to an aromatic ring is 1. The molecule has 8 nitrogen and oxygen atoms in total. The third kappa shape index (κ3) is 5.58. The van der Waals surface area contributed by atoms with Crippen LogP contribution in [0.1, 0.15) is 10.4 Å². The Hall–Kier alpha value is -4.92. The SMILES string of the molecule is Nc1ccc(C(=O)Nc2ccccc2Nc2cc(-c3ccccc3)[nH][n+]2-c2ccccc2)cc1.O.[OH-]. The zero-order valence-corrected chi connectivity index (χ0v) is 19.3. The van der Waals surface area contributed by atoms with Crippen LogP contribution in [0.25, 0.3) is 16.9 Å². The molecule has 1 aromatic heterocycles. The monoisotopic (exact) mass is 481 g/mol. The van der Waals surface area contributed by atoms with Crippen LogP contribution >= 0.6 is 0 Å². The Balaban J connectivity index is 0.00000180. The van der Waals surface area contributed by atoms with E-state index < -0.39 is 0 Å². The van der Waals surface area contributed by atoms with E-state index >= 15 is 0 Å². The average Bonchev–Trinajstić information content (AvgIpc) is 3.30. The van der Waals surface area contributed by atoms with Gasteiger partial charge < -0.3 is 22.0 Å². The zero-order valence-electron chi connectivity index (χ0n) is 19.3. The lowest BCUT2D eigenvalue weighted by molar-refractivity contribution is -0.640. The van der Waals surface area contributed by atoms with Gasteiger partial charge in [0.25, 0.3) is 5.91 Å². The van der Waals surface area contributed by atoms with Crippen LogP contribution in [0.3, 0.4) is 0 Å². The highest BCUT2D eigenvalue weighted by Gasteiger charge is 2.20. The van der Waals surface area contributed by atoms with Crippen LogP contribution in [0.4, 0.5) is 22.9 Å². The van der Waals surface area contributed by atoms with Gasteiger partial charge >= 0.3 is 5.82 Å². The Morgan fingerprint density at radius 2 is 1.33 bits per heavy atom. The first kappa shape index (κ1) is 25.7. The van der Waals surface area contributed by atoms with Crippen molar-refractivity contribution in [2.24, 2.45) is 0 Å². The van der Waals surface area contributed by atoms with Crippen molar-refractivity contribution in [2.45, 2.75) is 0 Å². The maximum atomic E-state index is 12.8. The molecule has 5 rings (SSSR count). The number of amides is 1. The van der Waals surface area contributed by atoms with E-state index in [0.29, 0.717) is 16.9 Å². The minimum absolute atomic E-state index is 0. The van der Waals surface area contributed by atoms with E-state index in [2.05, 4.69) is 33.9 Å². The van der Waals surface area contributed by atoms with Gasteiger partial charge in [0.1, 0.15) is 5.69 Å². The summed E-state index contributed by atoms with van der Waals surface area (Å²) in [7, 11) is 0. The molecule has 1 amide bonds. The van der Waals surface area contributed by atoms with Gasteiger partial charge in [0.05, 0.1) is 17.4 Å². The number of anilines is 4. The number of nitrogens with two attached hydrogens (primary N) is 1. The molecule has 0 bridgehead atoms. The van der Waals surface area contributed by atoms with E-state index in [1.54, 1.807) is 24.3 Å². The molecular formula is C28H27N5O3. The van der Waals surface area contributed by atoms with Crippen molar-refractivity contribution in [3.63, 3.8) is 0 Å². The Bertz CT molecular complexity index is 1420. The predicted octanol–water partition coefficient (Wildman–Crippen LogP) is 4.54. The number of H-pyrrole nitrogens is 1. The topological polar surface area (TPSA) is 148 Å². The van der Waals surface area contributed by atoms with Crippen molar-refractivity contribution in [1.29, 1.82) is 0 Å². The zero-order chi connectivity index (χ0) is 23.3.